The molecule has 1 N–H and O–H groups in total. The van der Waals surface area contributed by atoms with Crippen molar-refractivity contribution >= 4 is 23.3 Å². The summed E-state index contributed by atoms with van der Waals surface area (Å²) in [5.74, 6) is 0.823. The lowest BCUT2D eigenvalue weighted by molar-refractivity contribution is 0.0681. The lowest BCUT2D eigenvalue weighted by Gasteiger charge is -2.32. The van der Waals surface area contributed by atoms with Crippen LogP contribution >= 0.6 is 11.6 Å². The molecule has 1 fully saturated rings. The van der Waals surface area contributed by atoms with Gasteiger partial charge in [0.1, 0.15) is 0 Å². The van der Waals surface area contributed by atoms with Crippen LogP contribution in [0, 0.1) is 5.92 Å². The minimum Gasteiger partial charge on any atom is -0.339 e. The second kappa shape index (κ2) is 9.76. The number of fused-ring (bicyclic) bond motifs is 1. The molecule has 0 aliphatic carbocycles. The van der Waals surface area contributed by atoms with Gasteiger partial charge in [-0.1, -0.05) is 23.7 Å². The first-order chi connectivity index (χ1) is 14.6. The molecule has 5 heteroatoms. The van der Waals surface area contributed by atoms with Crippen molar-refractivity contribution in [3.05, 3.63) is 69.7 Å². The molecule has 30 heavy (non-hydrogen) atoms. The van der Waals surface area contributed by atoms with Crippen molar-refractivity contribution in [3.8, 4) is 0 Å². The molecule has 2 aliphatic rings. The van der Waals surface area contributed by atoms with Gasteiger partial charge < -0.3 is 10.2 Å². The maximum absolute atomic E-state index is 12.8. The number of amides is 1. The number of halogens is 1. The fourth-order valence-corrected chi connectivity index (χ4v) is 4.65. The zero-order valence-electron chi connectivity index (χ0n) is 17.3. The first-order valence-electron chi connectivity index (χ1n) is 11.0. The normalized spacial score (nSPS) is 17.3. The maximum Gasteiger partial charge on any atom is 0.253 e. The van der Waals surface area contributed by atoms with Crippen molar-refractivity contribution in [2.45, 2.75) is 38.5 Å². The van der Waals surface area contributed by atoms with Crippen LogP contribution in [0.15, 0.2) is 42.5 Å². The number of Topliss-reactive ketones (excluding diaryl/α,β-unsaturated/α-hetero) is 1. The Balaban J connectivity index is 1.26. The Bertz CT molecular complexity index is 902. The van der Waals surface area contributed by atoms with Crippen molar-refractivity contribution in [2.75, 3.05) is 26.2 Å². The van der Waals surface area contributed by atoms with Crippen LogP contribution in [-0.4, -0.2) is 42.8 Å². The topological polar surface area (TPSA) is 49.4 Å². The van der Waals surface area contributed by atoms with Gasteiger partial charge in [0.25, 0.3) is 5.91 Å². The van der Waals surface area contributed by atoms with Gasteiger partial charge in [0.2, 0.25) is 0 Å². The maximum atomic E-state index is 12.8. The molecule has 0 spiro atoms. The predicted octanol–water partition coefficient (Wildman–Crippen LogP) is 4.54. The first kappa shape index (κ1) is 21.1. The molecule has 0 atom stereocenters. The molecule has 2 aromatic carbocycles. The molecule has 2 aliphatic heterocycles. The summed E-state index contributed by atoms with van der Waals surface area (Å²) in [6.07, 6.45) is 5.45. The van der Waals surface area contributed by atoms with Crippen LogP contribution in [0.25, 0.3) is 0 Å². The van der Waals surface area contributed by atoms with E-state index in [0.29, 0.717) is 22.9 Å². The number of hydrogen-bond acceptors (Lipinski definition) is 3. The van der Waals surface area contributed by atoms with E-state index in [9.17, 15) is 9.59 Å². The number of likely N-dealkylation sites (tertiary alicyclic amines) is 1. The van der Waals surface area contributed by atoms with Crippen molar-refractivity contribution < 1.29 is 9.59 Å². The Kier molecular flexibility index (Phi) is 6.86. The smallest absolute Gasteiger partial charge is 0.253 e. The molecule has 1 amide bonds. The number of carbonyl (C=O) groups is 2. The minimum atomic E-state index is 0.0701. The van der Waals surface area contributed by atoms with E-state index in [2.05, 4.69) is 17.4 Å². The van der Waals surface area contributed by atoms with Gasteiger partial charge in [-0.05, 0) is 92.6 Å². The highest BCUT2D eigenvalue weighted by Crippen LogP contribution is 2.25. The second-order valence-electron chi connectivity index (χ2n) is 8.44. The monoisotopic (exact) mass is 424 g/mol. The van der Waals surface area contributed by atoms with E-state index in [1.807, 2.05) is 11.0 Å². The van der Waals surface area contributed by atoms with Crippen molar-refractivity contribution in [3.63, 3.8) is 0 Å². The zero-order chi connectivity index (χ0) is 20.9. The van der Waals surface area contributed by atoms with Gasteiger partial charge in [-0.2, -0.15) is 0 Å². The summed E-state index contributed by atoms with van der Waals surface area (Å²) in [6.45, 7) is 3.51. The van der Waals surface area contributed by atoms with Crippen LogP contribution in [-0.2, 0) is 12.8 Å². The van der Waals surface area contributed by atoms with Gasteiger partial charge in [-0.25, -0.2) is 0 Å². The molecule has 158 valence electrons. The molecule has 2 aromatic rings. The second-order valence-corrected chi connectivity index (χ2v) is 8.87. The highest BCUT2D eigenvalue weighted by Gasteiger charge is 2.24. The molecule has 4 rings (SSSR count). The quantitative estimate of drug-likeness (QED) is 0.716. The minimum absolute atomic E-state index is 0.0701. The highest BCUT2D eigenvalue weighted by atomic mass is 35.5. The molecule has 0 radical (unpaired) electrons. The summed E-state index contributed by atoms with van der Waals surface area (Å²) in [6, 6.07) is 13.3. The van der Waals surface area contributed by atoms with Gasteiger partial charge in [-0.15, -0.1) is 0 Å². The number of ketones is 1. The summed E-state index contributed by atoms with van der Waals surface area (Å²) < 4.78 is 0. The Hall–Kier alpha value is -2.17. The van der Waals surface area contributed by atoms with Crippen LogP contribution in [0.2, 0.25) is 5.02 Å². The third-order valence-electron chi connectivity index (χ3n) is 6.44. The molecule has 2 heterocycles. The van der Waals surface area contributed by atoms with Crippen LogP contribution in [0.1, 0.15) is 57.5 Å². The van der Waals surface area contributed by atoms with Crippen molar-refractivity contribution in [1.82, 2.24) is 10.2 Å². The first-order valence-corrected chi connectivity index (χ1v) is 11.4. The van der Waals surface area contributed by atoms with Gasteiger partial charge in [0.05, 0.1) is 0 Å². The predicted molar refractivity (Wildman–Crippen MR) is 120 cm³/mol. The Morgan fingerprint density at radius 2 is 1.60 bits per heavy atom. The SMILES string of the molecule is O=C(CCC1CCN(C(=O)c2ccc(Cl)cc2)CC1)c1ccc2c(c1)CCNCC2. The molecule has 0 saturated carbocycles. The molecule has 1 saturated heterocycles. The van der Waals surface area contributed by atoms with Gasteiger partial charge in [0, 0.05) is 35.7 Å². The highest BCUT2D eigenvalue weighted by molar-refractivity contribution is 6.30. The number of hydrogen-bond donors (Lipinski definition) is 1. The Morgan fingerprint density at radius 1 is 0.933 bits per heavy atom. The number of piperidine rings is 1. The van der Waals surface area contributed by atoms with Crippen LogP contribution in [0.4, 0.5) is 0 Å². The standard InChI is InChI=1S/C25H29ClN2O2/c26-23-6-4-20(5-7-23)25(30)28-15-11-18(12-16-28)1-8-24(29)22-3-2-19-9-13-27-14-10-21(19)17-22/h2-7,17-18,27H,1,8-16H2. The summed E-state index contributed by atoms with van der Waals surface area (Å²) >= 11 is 5.91. The van der Waals surface area contributed by atoms with Crippen LogP contribution < -0.4 is 5.32 Å². The molecule has 0 aromatic heterocycles. The molecular weight excluding hydrogens is 396 g/mol. The number of nitrogens with one attached hydrogen (secondary N) is 1. The average Bonchev–Trinajstić information content (AvgIpc) is 3.03. The molecular formula is C25H29ClN2O2. The average molecular weight is 425 g/mol. The van der Waals surface area contributed by atoms with Gasteiger partial charge in [-0.3, -0.25) is 9.59 Å². The zero-order valence-corrected chi connectivity index (χ0v) is 18.1. The number of carbonyl (C=O) groups excluding carboxylic acids is 2. The van der Waals surface area contributed by atoms with Gasteiger partial charge >= 0.3 is 0 Å². The molecule has 0 unspecified atom stereocenters. The van der Waals surface area contributed by atoms with Crippen LogP contribution in [0.5, 0.6) is 0 Å². The van der Waals surface area contributed by atoms with E-state index in [0.717, 1.165) is 63.8 Å². The largest absolute Gasteiger partial charge is 0.339 e. The number of rotatable bonds is 5. The van der Waals surface area contributed by atoms with Gasteiger partial charge in [0.15, 0.2) is 5.78 Å². The van der Waals surface area contributed by atoms with E-state index >= 15 is 0 Å². The lowest BCUT2D eigenvalue weighted by Crippen LogP contribution is -2.38. The summed E-state index contributed by atoms with van der Waals surface area (Å²) in [5.41, 5.74) is 4.23. The summed E-state index contributed by atoms with van der Waals surface area (Å²) in [7, 11) is 0. The third-order valence-corrected chi connectivity index (χ3v) is 6.70. The fraction of sp³-hybridized carbons (Fsp3) is 0.440. The van der Waals surface area contributed by atoms with E-state index in [1.165, 1.54) is 11.1 Å². The summed E-state index contributed by atoms with van der Waals surface area (Å²) in [4.78, 5) is 27.3. The lowest BCUT2D eigenvalue weighted by atomic mass is 9.89. The Morgan fingerprint density at radius 3 is 2.33 bits per heavy atom. The summed E-state index contributed by atoms with van der Waals surface area (Å²) in [5, 5.41) is 4.06. The van der Waals surface area contributed by atoms with E-state index in [4.69, 9.17) is 11.6 Å². The molecule has 4 nitrogen and oxygen atoms in total. The van der Waals surface area contributed by atoms with Crippen LogP contribution in [0.3, 0.4) is 0 Å². The Labute approximate surface area is 183 Å². The van der Waals surface area contributed by atoms with Crippen molar-refractivity contribution in [2.24, 2.45) is 5.92 Å². The number of benzene rings is 2. The third kappa shape index (κ3) is 5.11. The molecule has 0 bridgehead atoms. The van der Waals surface area contributed by atoms with E-state index in [1.54, 1.807) is 24.3 Å². The van der Waals surface area contributed by atoms with Crippen molar-refractivity contribution in [1.29, 1.82) is 0 Å². The number of nitrogens with zero attached hydrogens (tertiary/aromatic N) is 1. The van der Waals surface area contributed by atoms with E-state index < -0.39 is 0 Å². The van der Waals surface area contributed by atoms with E-state index in [-0.39, 0.29) is 11.7 Å². The fourth-order valence-electron chi connectivity index (χ4n) is 4.53.